The van der Waals surface area contributed by atoms with Crippen molar-refractivity contribution in [3.8, 4) is 5.75 Å². The molecule has 1 aromatic carbocycles. The minimum Gasteiger partial charge on any atom is -0.492 e. The number of ether oxygens (including phenoxy) is 1. The van der Waals surface area contributed by atoms with E-state index in [4.69, 9.17) is 4.74 Å². The van der Waals surface area contributed by atoms with Gasteiger partial charge in [-0.2, -0.15) is 4.31 Å². The average molecular weight is 418 g/mol. The number of benzene rings is 1. The molecule has 1 aromatic heterocycles. The van der Waals surface area contributed by atoms with Gasteiger partial charge in [0.05, 0.1) is 6.54 Å². The summed E-state index contributed by atoms with van der Waals surface area (Å²) in [5.74, 6) is 0.654. The van der Waals surface area contributed by atoms with Crippen molar-refractivity contribution in [1.82, 2.24) is 14.2 Å². The van der Waals surface area contributed by atoms with Gasteiger partial charge in [0.25, 0.3) is 0 Å². The van der Waals surface area contributed by atoms with Crippen LogP contribution in [-0.2, 0) is 14.8 Å². The SMILES string of the molecule is Cc1ccc(OCCN(C)C(=O)C2CCN(S(=O)(=O)c3cccnc3)CC2)cc1. The van der Waals surface area contributed by atoms with E-state index >= 15 is 0 Å². The Morgan fingerprint density at radius 1 is 1.21 bits per heavy atom. The second-order valence-corrected chi connectivity index (χ2v) is 9.23. The molecule has 0 bridgehead atoms. The molecule has 2 heterocycles. The van der Waals surface area contributed by atoms with Gasteiger partial charge >= 0.3 is 0 Å². The van der Waals surface area contributed by atoms with Gasteiger partial charge in [0, 0.05) is 38.4 Å². The molecule has 0 radical (unpaired) electrons. The minimum atomic E-state index is -3.55. The molecule has 3 rings (SSSR count). The number of hydrogen-bond donors (Lipinski definition) is 0. The zero-order valence-corrected chi connectivity index (χ0v) is 17.6. The maximum atomic E-state index is 12.7. The van der Waals surface area contributed by atoms with Crippen LogP contribution < -0.4 is 4.74 Å². The summed E-state index contributed by atoms with van der Waals surface area (Å²) < 4.78 is 32.5. The predicted octanol–water partition coefficient (Wildman–Crippen LogP) is 2.33. The van der Waals surface area contributed by atoms with Crippen molar-refractivity contribution in [2.24, 2.45) is 5.92 Å². The Labute approximate surface area is 172 Å². The van der Waals surface area contributed by atoms with E-state index in [9.17, 15) is 13.2 Å². The highest BCUT2D eigenvalue weighted by molar-refractivity contribution is 7.89. The monoisotopic (exact) mass is 417 g/mol. The standard InChI is InChI=1S/C21H27N3O4S/c1-17-5-7-19(8-6-17)28-15-14-23(2)21(25)18-9-12-24(13-10-18)29(26,27)20-4-3-11-22-16-20/h3-8,11,16,18H,9-10,12-15H2,1-2H3. The molecule has 2 aromatic rings. The molecular formula is C21H27N3O4S. The Bertz CT molecular complexity index is 909. The lowest BCUT2D eigenvalue weighted by Crippen LogP contribution is -2.44. The van der Waals surface area contributed by atoms with Crippen LogP contribution >= 0.6 is 0 Å². The first-order chi connectivity index (χ1) is 13.9. The van der Waals surface area contributed by atoms with Gasteiger partial charge in [-0.25, -0.2) is 8.42 Å². The fourth-order valence-corrected chi connectivity index (χ4v) is 4.78. The van der Waals surface area contributed by atoms with Crippen molar-refractivity contribution in [2.45, 2.75) is 24.7 Å². The number of likely N-dealkylation sites (N-methyl/N-ethyl adjacent to an activating group) is 1. The summed E-state index contributed by atoms with van der Waals surface area (Å²) in [5, 5.41) is 0. The van der Waals surface area contributed by atoms with E-state index in [1.165, 1.54) is 16.1 Å². The number of rotatable bonds is 7. The maximum absolute atomic E-state index is 12.7. The molecule has 0 atom stereocenters. The Kier molecular flexibility index (Phi) is 6.87. The molecule has 8 heteroatoms. The summed E-state index contributed by atoms with van der Waals surface area (Å²) in [4.78, 5) is 18.5. The number of piperidine rings is 1. The van der Waals surface area contributed by atoms with E-state index in [1.807, 2.05) is 31.2 Å². The first-order valence-corrected chi connectivity index (χ1v) is 11.2. The van der Waals surface area contributed by atoms with Gasteiger partial charge in [0.2, 0.25) is 15.9 Å². The number of carbonyl (C=O) groups is 1. The highest BCUT2D eigenvalue weighted by Crippen LogP contribution is 2.24. The Morgan fingerprint density at radius 3 is 2.52 bits per heavy atom. The van der Waals surface area contributed by atoms with Crippen molar-refractivity contribution in [3.63, 3.8) is 0 Å². The van der Waals surface area contributed by atoms with Crippen LogP contribution in [0.5, 0.6) is 5.75 Å². The number of nitrogens with zero attached hydrogens (tertiary/aromatic N) is 3. The van der Waals surface area contributed by atoms with Crippen LogP contribution in [0, 0.1) is 12.8 Å². The predicted molar refractivity (Wildman–Crippen MR) is 110 cm³/mol. The van der Waals surface area contributed by atoms with Gasteiger partial charge in [0.1, 0.15) is 17.3 Å². The van der Waals surface area contributed by atoms with Crippen LogP contribution in [0.4, 0.5) is 0 Å². The Morgan fingerprint density at radius 2 is 1.90 bits per heavy atom. The molecule has 0 saturated carbocycles. The van der Waals surface area contributed by atoms with Gasteiger partial charge in [-0.05, 0) is 44.0 Å². The number of carbonyl (C=O) groups excluding carboxylic acids is 1. The van der Waals surface area contributed by atoms with Crippen LogP contribution in [0.2, 0.25) is 0 Å². The fraction of sp³-hybridized carbons (Fsp3) is 0.429. The van der Waals surface area contributed by atoms with E-state index in [1.54, 1.807) is 30.3 Å². The molecule has 156 valence electrons. The fourth-order valence-electron chi connectivity index (χ4n) is 3.35. The van der Waals surface area contributed by atoms with Crippen molar-refractivity contribution in [1.29, 1.82) is 0 Å². The lowest BCUT2D eigenvalue weighted by molar-refractivity contribution is -0.135. The number of sulfonamides is 1. The highest BCUT2D eigenvalue weighted by Gasteiger charge is 2.33. The first kappa shape index (κ1) is 21.3. The van der Waals surface area contributed by atoms with E-state index < -0.39 is 10.0 Å². The molecule has 1 aliphatic heterocycles. The molecule has 7 nitrogen and oxygen atoms in total. The molecule has 29 heavy (non-hydrogen) atoms. The zero-order valence-electron chi connectivity index (χ0n) is 16.8. The lowest BCUT2D eigenvalue weighted by atomic mass is 9.97. The first-order valence-electron chi connectivity index (χ1n) is 9.72. The quantitative estimate of drug-likeness (QED) is 0.691. The number of pyridine rings is 1. The minimum absolute atomic E-state index is 0.0379. The summed E-state index contributed by atoms with van der Waals surface area (Å²) >= 11 is 0. The van der Waals surface area contributed by atoms with Crippen LogP contribution in [0.25, 0.3) is 0 Å². The normalized spacial score (nSPS) is 15.8. The van der Waals surface area contributed by atoms with Crippen LogP contribution in [0.1, 0.15) is 18.4 Å². The molecule has 1 amide bonds. The number of aromatic nitrogens is 1. The summed E-state index contributed by atoms with van der Waals surface area (Å²) in [6.07, 6.45) is 3.93. The van der Waals surface area contributed by atoms with Crippen molar-refractivity contribution < 1.29 is 17.9 Å². The molecule has 0 aliphatic carbocycles. The summed E-state index contributed by atoms with van der Waals surface area (Å²) in [6.45, 7) is 3.59. The average Bonchev–Trinajstić information content (AvgIpc) is 2.75. The van der Waals surface area contributed by atoms with E-state index in [0.717, 1.165) is 5.75 Å². The van der Waals surface area contributed by atoms with E-state index in [0.29, 0.717) is 39.1 Å². The molecule has 0 unspecified atom stereocenters. The van der Waals surface area contributed by atoms with Crippen LogP contribution in [-0.4, -0.2) is 61.8 Å². The van der Waals surface area contributed by atoms with Gasteiger partial charge in [0.15, 0.2) is 0 Å². The molecule has 1 aliphatic rings. The van der Waals surface area contributed by atoms with Gasteiger partial charge in [-0.15, -0.1) is 0 Å². The van der Waals surface area contributed by atoms with E-state index in [-0.39, 0.29) is 16.7 Å². The van der Waals surface area contributed by atoms with Crippen molar-refractivity contribution >= 4 is 15.9 Å². The zero-order chi connectivity index (χ0) is 20.9. The molecular weight excluding hydrogens is 390 g/mol. The van der Waals surface area contributed by atoms with E-state index in [2.05, 4.69) is 4.98 Å². The largest absolute Gasteiger partial charge is 0.492 e. The Hall–Kier alpha value is -2.45. The lowest BCUT2D eigenvalue weighted by Gasteiger charge is -2.32. The van der Waals surface area contributed by atoms with Crippen molar-refractivity contribution in [2.75, 3.05) is 33.3 Å². The molecule has 0 spiro atoms. The molecule has 1 saturated heterocycles. The maximum Gasteiger partial charge on any atom is 0.244 e. The van der Waals surface area contributed by atoms with Gasteiger partial charge in [-0.3, -0.25) is 9.78 Å². The van der Waals surface area contributed by atoms with Crippen LogP contribution in [0.15, 0.2) is 53.7 Å². The second kappa shape index (κ2) is 9.37. The van der Waals surface area contributed by atoms with Gasteiger partial charge < -0.3 is 9.64 Å². The Balaban J connectivity index is 1.47. The summed E-state index contributed by atoms with van der Waals surface area (Å²) in [5.41, 5.74) is 1.17. The molecule has 1 fully saturated rings. The summed E-state index contributed by atoms with van der Waals surface area (Å²) in [6, 6.07) is 10.9. The number of hydrogen-bond acceptors (Lipinski definition) is 5. The smallest absolute Gasteiger partial charge is 0.244 e. The second-order valence-electron chi connectivity index (χ2n) is 7.29. The third kappa shape index (κ3) is 5.33. The number of aryl methyl sites for hydroxylation is 1. The van der Waals surface area contributed by atoms with Crippen LogP contribution in [0.3, 0.4) is 0 Å². The third-order valence-corrected chi connectivity index (χ3v) is 7.05. The van der Waals surface area contributed by atoms with Gasteiger partial charge in [-0.1, -0.05) is 17.7 Å². The third-order valence-electron chi connectivity index (χ3n) is 5.17. The highest BCUT2D eigenvalue weighted by atomic mass is 32.2. The number of amides is 1. The molecule has 0 N–H and O–H groups in total. The van der Waals surface area contributed by atoms with Crippen molar-refractivity contribution in [3.05, 3.63) is 54.4 Å². The summed E-state index contributed by atoms with van der Waals surface area (Å²) in [7, 11) is -1.79. The topological polar surface area (TPSA) is 79.8 Å².